The van der Waals surface area contributed by atoms with E-state index in [1.165, 1.54) is 44.0 Å². The quantitative estimate of drug-likeness (QED) is 0.120. The smallest absolute Gasteiger partial charge is 0.419 e. The van der Waals surface area contributed by atoms with Crippen molar-refractivity contribution in [3.05, 3.63) is 177 Å². The zero-order chi connectivity index (χ0) is 39.7. The van der Waals surface area contributed by atoms with Crippen LogP contribution in [0.5, 0.6) is 0 Å². The van der Waals surface area contributed by atoms with Gasteiger partial charge in [-0.15, -0.1) is 22.7 Å². The molecule has 0 fully saturated rings. The topological polar surface area (TPSA) is 131 Å². The number of ketones is 4. The van der Waals surface area contributed by atoms with E-state index in [0.717, 1.165) is 11.1 Å². The first-order chi connectivity index (χ1) is 28.3. The molecule has 4 aromatic heterocycles. The molecule has 0 unspecified atom stereocenters. The molecule has 2 aliphatic rings. The number of carbonyl (C=O) groups is 6. The highest BCUT2D eigenvalue weighted by molar-refractivity contribution is 7.36. The molecule has 280 valence electrons. The zero-order valence-electron chi connectivity index (χ0n) is 30.1. The Balaban J connectivity index is 1.14. The SMILES string of the molecule is O=C1C(=Cc2cc3sc4c(sc5cc(C=C6C(=O)c7ccccc7C6=O)n(C(=O)OCc6ccccc6)c54)c3n2C(=O)OCc2ccccc2)C(=O)c2ccccc21. The van der Waals surface area contributed by atoms with Crippen LogP contribution >= 0.6 is 22.7 Å². The molecule has 10 rings (SSSR count). The third kappa shape index (κ3) is 5.60. The van der Waals surface area contributed by atoms with Gasteiger partial charge in [0.2, 0.25) is 0 Å². The summed E-state index contributed by atoms with van der Waals surface area (Å²) in [5.74, 6) is -1.75. The lowest BCUT2D eigenvalue weighted by Gasteiger charge is -2.09. The number of allylic oxidation sites excluding steroid dienone is 2. The predicted octanol–water partition coefficient (Wildman–Crippen LogP) is 10.2. The third-order valence-corrected chi connectivity index (χ3v) is 12.6. The summed E-state index contributed by atoms with van der Waals surface area (Å²) in [4.78, 5) is 82.1. The highest BCUT2D eigenvalue weighted by atomic mass is 32.1. The molecule has 0 spiro atoms. The molecule has 4 heterocycles. The van der Waals surface area contributed by atoms with Gasteiger partial charge in [-0.1, -0.05) is 109 Å². The lowest BCUT2D eigenvalue weighted by molar-refractivity contribution is 0.0975. The fourth-order valence-corrected chi connectivity index (χ4v) is 10.2. The van der Waals surface area contributed by atoms with Crippen LogP contribution in [0.1, 0.15) is 63.9 Å². The van der Waals surface area contributed by atoms with Crippen LogP contribution in [0.15, 0.2) is 132 Å². The molecule has 0 radical (unpaired) electrons. The van der Waals surface area contributed by atoms with Crippen molar-refractivity contribution in [1.82, 2.24) is 9.13 Å². The normalized spacial score (nSPS) is 13.5. The Morgan fingerprint density at radius 1 is 0.483 bits per heavy atom. The van der Waals surface area contributed by atoms with Crippen LogP contribution in [0.25, 0.3) is 42.0 Å². The van der Waals surface area contributed by atoms with Gasteiger partial charge in [0, 0.05) is 22.3 Å². The molecule has 0 aliphatic heterocycles. The number of rotatable bonds is 6. The second-order valence-electron chi connectivity index (χ2n) is 13.7. The van der Waals surface area contributed by atoms with E-state index >= 15 is 0 Å². The molecule has 4 aromatic carbocycles. The number of aromatic nitrogens is 2. The van der Waals surface area contributed by atoms with E-state index in [2.05, 4.69) is 0 Å². The number of ether oxygens (including phenoxy) is 2. The Labute approximate surface area is 336 Å². The van der Waals surface area contributed by atoms with Crippen molar-refractivity contribution in [3.63, 3.8) is 0 Å². The van der Waals surface area contributed by atoms with Gasteiger partial charge in [-0.2, -0.15) is 0 Å². The van der Waals surface area contributed by atoms with Gasteiger partial charge in [-0.3, -0.25) is 19.2 Å². The van der Waals surface area contributed by atoms with Crippen LogP contribution in [0, 0.1) is 0 Å². The maximum Gasteiger partial charge on any atom is 0.419 e. The molecular formula is C46H26N2O8S2. The minimum atomic E-state index is -0.729. The van der Waals surface area contributed by atoms with Gasteiger partial charge in [0.05, 0.1) is 52.4 Å². The molecule has 0 saturated heterocycles. The van der Waals surface area contributed by atoms with Gasteiger partial charge in [0.1, 0.15) is 13.2 Å². The number of fused-ring (bicyclic) bond motifs is 7. The second kappa shape index (κ2) is 13.7. The van der Waals surface area contributed by atoms with Crippen molar-refractivity contribution in [1.29, 1.82) is 0 Å². The highest BCUT2D eigenvalue weighted by Gasteiger charge is 2.35. The Bertz CT molecular complexity index is 2890. The van der Waals surface area contributed by atoms with Crippen molar-refractivity contribution >= 4 is 100.0 Å². The first kappa shape index (κ1) is 35.2. The molecule has 2 aliphatic carbocycles. The summed E-state index contributed by atoms with van der Waals surface area (Å²) in [6.07, 6.45) is 1.40. The van der Waals surface area contributed by atoms with Crippen LogP contribution in [-0.2, 0) is 22.7 Å². The number of benzene rings is 4. The van der Waals surface area contributed by atoms with Crippen LogP contribution < -0.4 is 0 Å². The fourth-order valence-electron chi connectivity index (χ4n) is 7.50. The van der Waals surface area contributed by atoms with E-state index in [1.54, 1.807) is 60.7 Å². The van der Waals surface area contributed by atoms with E-state index < -0.39 is 35.3 Å². The summed E-state index contributed by atoms with van der Waals surface area (Å²) in [5.41, 5.74) is 4.07. The molecule has 58 heavy (non-hydrogen) atoms. The van der Waals surface area contributed by atoms with E-state index in [-0.39, 0.29) is 35.7 Å². The molecule has 10 nitrogen and oxygen atoms in total. The van der Waals surface area contributed by atoms with Crippen molar-refractivity contribution in [3.8, 4) is 0 Å². The number of carbonyl (C=O) groups excluding carboxylic acids is 6. The van der Waals surface area contributed by atoms with Gasteiger partial charge in [0.15, 0.2) is 23.1 Å². The van der Waals surface area contributed by atoms with Gasteiger partial charge in [0.25, 0.3) is 0 Å². The first-order valence-corrected chi connectivity index (χ1v) is 19.7. The average molecular weight is 799 g/mol. The average Bonchev–Trinajstić information content (AvgIpc) is 4.06. The van der Waals surface area contributed by atoms with E-state index in [0.29, 0.717) is 52.1 Å². The van der Waals surface area contributed by atoms with Crippen molar-refractivity contribution in [2.24, 2.45) is 0 Å². The van der Waals surface area contributed by atoms with Crippen LogP contribution in [0.4, 0.5) is 9.59 Å². The maximum atomic E-state index is 14.2. The van der Waals surface area contributed by atoms with Crippen molar-refractivity contribution in [2.45, 2.75) is 13.2 Å². The van der Waals surface area contributed by atoms with E-state index in [1.807, 2.05) is 60.7 Å². The van der Waals surface area contributed by atoms with Gasteiger partial charge >= 0.3 is 12.2 Å². The van der Waals surface area contributed by atoms with Gasteiger partial charge in [-0.25, -0.2) is 18.7 Å². The first-order valence-electron chi connectivity index (χ1n) is 18.1. The zero-order valence-corrected chi connectivity index (χ0v) is 31.7. The summed E-state index contributed by atoms with van der Waals surface area (Å²) in [5, 5.41) is 0. The second-order valence-corrected chi connectivity index (χ2v) is 15.8. The monoisotopic (exact) mass is 798 g/mol. The third-order valence-electron chi connectivity index (χ3n) is 10.2. The fraction of sp³-hybridized carbons (Fsp3) is 0.0435. The number of Topliss-reactive ketones (excluding diaryl/α,β-unsaturated/α-hetero) is 4. The van der Waals surface area contributed by atoms with Gasteiger partial charge in [-0.05, 0) is 35.4 Å². The molecule has 12 heteroatoms. The summed E-state index contributed by atoms with van der Waals surface area (Å²) >= 11 is 2.61. The number of nitrogens with zero attached hydrogens (tertiary/aromatic N) is 2. The standard InChI is InChI=1S/C46H26N2O8S2/c49-39-29-15-7-8-16-30(29)40(50)33(39)19-27-21-35-37(47(27)45(53)55-23-25-11-3-1-4-12-25)43-44(57-35)38-36(58-43)22-28(48(38)46(54)56-24-26-13-5-2-6-14-26)20-34-41(51)31-17-9-10-18-32(31)42(34)52/h1-22H,23-24H2. The van der Waals surface area contributed by atoms with Crippen LogP contribution in [0.3, 0.4) is 0 Å². The molecule has 0 atom stereocenters. The molecule has 0 saturated carbocycles. The summed E-state index contributed by atoms with van der Waals surface area (Å²) in [6.45, 7) is -0.0635. The maximum absolute atomic E-state index is 14.2. The minimum Gasteiger partial charge on any atom is -0.444 e. The number of thiophene rings is 2. The van der Waals surface area contributed by atoms with Crippen LogP contribution in [-0.4, -0.2) is 44.5 Å². The Kier molecular flexibility index (Phi) is 8.32. The molecule has 8 aromatic rings. The molecule has 0 amide bonds. The van der Waals surface area contributed by atoms with Gasteiger partial charge < -0.3 is 9.47 Å². The predicted molar refractivity (Wildman–Crippen MR) is 221 cm³/mol. The molecule has 0 bridgehead atoms. The lowest BCUT2D eigenvalue weighted by Crippen LogP contribution is -2.15. The molecule has 0 N–H and O–H groups in total. The highest BCUT2D eigenvalue weighted by Crippen LogP contribution is 2.47. The van der Waals surface area contributed by atoms with Crippen molar-refractivity contribution < 1.29 is 38.2 Å². The number of hydrogen-bond acceptors (Lipinski definition) is 10. The molecular weight excluding hydrogens is 773 g/mol. The Hall–Kier alpha value is -7.28. The number of hydrogen-bond donors (Lipinski definition) is 0. The van der Waals surface area contributed by atoms with E-state index in [9.17, 15) is 28.8 Å². The largest absolute Gasteiger partial charge is 0.444 e. The van der Waals surface area contributed by atoms with Crippen LogP contribution in [0.2, 0.25) is 0 Å². The van der Waals surface area contributed by atoms with Crippen molar-refractivity contribution in [2.75, 3.05) is 0 Å². The minimum absolute atomic E-state index is 0.0318. The lowest BCUT2D eigenvalue weighted by atomic mass is 10.1. The Morgan fingerprint density at radius 2 is 0.810 bits per heavy atom. The Morgan fingerprint density at radius 3 is 1.16 bits per heavy atom. The summed E-state index contributed by atoms with van der Waals surface area (Å²) in [7, 11) is 0. The summed E-state index contributed by atoms with van der Waals surface area (Å²) < 4.78 is 16.9. The summed E-state index contributed by atoms with van der Waals surface area (Å²) in [6, 6.07) is 35.0. The van der Waals surface area contributed by atoms with E-state index in [4.69, 9.17) is 9.47 Å².